The van der Waals surface area contributed by atoms with Crippen LogP contribution in [0.15, 0.2) is 60.7 Å². The van der Waals surface area contributed by atoms with Crippen molar-refractivity contribution >= 4 is 11.8 Å². The molecule has 0 saturated carbocycles. The van der Waals surface area contributed by atoms with Gasteiger partial charge < -0.3 is 0 Å². The number of likely N-dealkylation sites (tertiary alicyclic amines) is 1. The molecule has 1 aliphatic heterocycles. The molecule has 2 amide bonds. The van der Waals surface area contributed by atoms with Gasteiger partial charge >= 0.3 is 0 Å². The lowest BCUT2D eigenvalue weighted by Gasteiger charge is -2.39. The van der Waals surface area contributed by atoms with Gasteiger partial charge in [-0.1, -0.05) is 48.5 Å². The largest absolute Gasteiger partial charge is 0.274 e. The number of nitrogens with zero attached hydrogens (tertiary/aromatic N) is 1. The van der Waals surface area contributed by atoms with E-state index in [2.05, 4.69) is 0 Å². The smallest absolute Gasteiger partial charge is 0.261 e. The highest BCUT2D eigenvalue weighted by atomic mass is 16.2. The Hall–Kier alpha value is -2.42. The molecule has 1 fully saturated rings. The first kappa shape index (κ1) is 11.7. The normalized spacial score (nSPS) is 18.0. The highest BCUT2D eigenvalue weighted by Crippen LogP contribution is 2.35. The molecule has 2 aromatic rings. The van der Waals surface area contributed by atoms with Crippen molar-refractivity contribution in [1.29, 1.82) is 0 Å². The van der Waals surface area contributed by atoms with Crippen molar-refractivity contribution in [1.82, 2.24) is 4.90 Å². The lowest BCUT2D eigenvalue weighted by molar-refractivity contribution is -0.141. The molecule has 3 rings (SSSR count). The van der Waals surface area contributed by atoms with Crippen molar-refractivity contribution in [3.63, 3.8) is 0 Å². The number of imide groups is 1. The van der Waals surface area contributed by atoms with Crippen molar-refractivity contribution in [2.75, 3.05) is 0 Å². The van der Waals surface area contributed by atoms with Gasteiger partial charge in [-0.15, -0.1) is 0 Å². The number of β-lactam (4-membered cyclic amide) rings is 1. The Morgan fingerprint density at radius 3 is 2.11 bits per heavy atom. The fourth-order valence-electron chi connectivity index (χ4n) is 2.33. The van der Waals surface area contributed by atoms with E-state index in [1.807, 2.05) is 36.4 Å². The summed E-state index contributed by atoms with van der Waals surface area (Å²) in [5.74, 6) is -0.326. The molecule has 0 spiro atoms. The van der Waals surface area contributed by atoms with Crippen LogP contribution in [0.2, 0.25) is 0 Å². The average Bonchev–Trinajstić information content (AvgIpc) is 2.46. The molecule has 2 aromatic carbocycles. The van der Waals surface area contributed by atoms with E-state index in [0.717, 1.165) is 5.56 Å². The number of benzene rings is 2. The molecule has 0 aliphatic carbocycles. The molecule has 3 heteroatoms. The second kappa shape index (κ2) is 4.69. The Balaban J connectivity index is 1.87. The molecule has 1 saturated heterocycles. The van der Waals surface area contributed by atoms with E-state index in [4.69, 9.17) is 0 Å². The lowest BCUT2D eigenvalue weighted by Crippen LogP contribution is -2.49. The minimum Gasteiger partial charge on any atom is -0.274 e. The van der Waals surface area contributed by atoms with Crippen LogP contribution >= 0.6 is 0 Å². The summed E-state index contributed by atoms with van der Waals surface area (Å²) in [5, 5.41) is 0. The average molecular weight is 251 g/mol. The SMILES string of the molecule is O=C1C[C@@H](c2ccccc2)N1C(=O)c1ccccc1. The van der Waals surface area contributed by atoms with Gasteiger partial charge in [0.05, 0.1) is 12.5 Å². The van der Waals surface area contributed by atoms with Crippen molar-refractivity contribution in [2.45, 2.75) is 12.5 Å². The molecule has 0 N–H and O–H groups in total. The van der Waals surface area contributed by atoms with Crippen LogP contribution < -0.4 is 0 Å². The maximum absolute atomic E-state index is 12.3. The van der Waals surface area contributed by atoms with E-state index < -0.39 is 0 Å². The topological polar surface area (TPSA) is 37.4 Å². The van der Waals surface area contributed by atoms with Crippen LogP contribution in [-0.4, -0.2) is 16.7 Å². The Kier molecular flexibility index (Phi) is 2.88. The molecular weight excluding hydrogens is 238 g/mol. The van der Waals surface area contributed by atoms with Crippen LogP contribution in [0.4, 0.5) is 0 Å². The fraction of sp³-hybridized carbons (Fsp3) is 0.125. The van der Waals surface area contributed by atoms with E-state index in [1.165, 1.54) is 4.90 Å². The second-order valence-corrected chi connectivity index (χ2v) is 4.57. The number of carbonyl (C=O) groups is 2. The third kappa shape index (κ3) is 2.03. The molecule has 0 radical (unpaired) electrons. The summed E-state index contributed by atoms with van der Waals surface area (Å²) in [7, 11) is 0. The highest BCUT2D eigenvalue weighted by Gasteiger charge is 2.41. The molecule has 0 aromatic heterocycles. The first-order chi connectivity index (χ1) is 9.27. The Bertz CT molecular complexity index is 607. The van der Waals surface area contributed by atoms with Gasteiger partial charge in [-0.25, -0.2) is 0 Å². The minimum atomic E-state index is -0.217. The predicted molar refractivity (Wildman–Crippen MR) is 71.4 cm³/mol. The third-order valence-electron chi connectivity index (χ3n) is 3.37. The van der Waals surface area contributed by atoms with Gasteiger partial charge in [-0.3, -0.25) is 14.5 Å². The van der Waals surface area contributed by atoms with E-state index in [1.54, 1.807) is 24.3 Å². The summed E-state index contributed by atoms with van der Waals surface area (Å²) in [6, 6.07) is 18.4. The molecule has 0 unspecified atom stereocenters. The zero-order valence-electron chi connectivity index (χ0n) is 10.3. The van der Waals surface area contributed by atoms with Crippen molar-refractivity contribution in [3.8, 4) is 0 Å². The van der Waals surface area contributed by atoms with Gasteiger partial charge in [0.25, 0.3) is 5.91 Å². The highest BCUT2D eigenvalue weighted by molar-refractivity contribution is 6.08. The maximum Gasteiger partial charge on any atom is 0.261 e. The van der Waals surface area contributed by atoms with Gasteiger partial charge in [0.1, 0.15) is 0 Å². The number of amides is 2. The van der Waals surface area contributed by atoms with Gasteiger partial charge in [0.15, 0.2) is 0 Å². The van der Waals surface area contributed by atoms with Gasteiger partial charge in [-0.2, -0.15) is 0 Å². The quantitative estimate of drug-likeness (QED) is 0.608. The van der Waals surface area contributed by atoms with Crippen LogP contribution in [0, 0.1) is 0 Å². The Morgan fingerprint density at radius 1 is 0.947 bits per heavy atom. The number of rotatable bonds is 2. The van der Waals surface area contributed by atoms with Gasteiger partial charge in [0, 0.05) is 5.56 Å². The van der Waals surface area contributed by atoms with Crippen LogP contribution in [0.5, 0.6) is 0 Å². The Labute approximate surface area is 111 Å². The summed E-state index contributed by atoms with van der Waals surface area (Å²) >= 11 is 0. The van der Waals surface area contributed by atoms with Crippen molar-refractivity contribution < 1.29 is 9.59 Å². The minimum absolute atomic E-state index is 0.109. The third-order valence-corrected chi connectivity index (χ3v) is 3.37. The van der Waals surface area contributed by atoms with E-state index in [9.17, 15) is 9.59 Å². The van der Waals surface area contributed by atoms with Crippen molar-refractivity contribution in [3.05, 3.63) is 71.8 Å². The second-order valence-electron chi connectivity index (χ2n) is 4.57. The molecule has 0 bridgehead atoms. The standard InChI is InChI=1S/C16H13NO2/c18-15-11-14(12-7-3-1-4-8-12)17(15)16(19)13-9-5-2-6-10-13/h1-10,14H,11H2/t14-/m0/s1. The van der Waals surface area contributed by atoms with Crippen LogP contribution in [0.25, 0.3) is 0 Å². The zero-order chi connectivity index (χ0) is 13.2. The first-order valence-electron chi connectivity index (χ1n) is 6.24. The monoisotopic (exact) mass is 251 g/mol. The molecule has 19 heavy (non-hydrogen) atoms. The van der Waals surface area contributed by atoms with Crippen LogP contribution in [0.1, 0.15) is 28.4 Å². The predicted octanol–water partition coefficient (Wildman–Crippen LogP) is 2.80. The van der Waals surface area contributed by atoms with E-state index in [0.29, 0.717) is 12.0 Å². The zero-order valence-corrected chi connectivity index (χ0v) is 10.3. The summed E-state index contributed by atoms with van der Waals surface area (Å²) < 4.78 is 0. The summed E-state index contributed by atoms with van der Waals surface area (Å²) in [6.07, 6.45) is 0.405. The van der Waals surface area contributed by atoms with Crippen molar-refractivity contribution in [2.24, 2.45) is 0 Å². The summed E-state index contributed by atoms with van der Waals surface area (Å²) in [4.78, 5) is 25.4. The summed E-state index contributed by atoms with van der Waals surface area (Å²) in [6.45, 7) is 0. The molecule has 1 heterocycles. The number of hydrogen-bond acceptors (Lipinski definition) is 2. The Morgan fingerprint density at radius 2 is 1.53 bits per heavy atom. The van der Waals surface area contributed by atoms with Gasteiger partial charge in [-0.05, 0) is 17.7 Å². The molecule has 1 aliphatic rings. The number of carbonyl (C=O) groups excluding carboxylic acids is 2. The molecular formula is C16H13NO2. The fourth-order valence-corrected chi connectivity index (χ4v) is 2.33. The van der Waals surface area contributed by atoms with E-state index >= 15 is 0 Å². The molecule has 94 valence electrons. The van der Waals surface area contributed by atoms with E-state index in [-0.39, 0.29) is 17.9 Å². The molecule has 1 atom stereocenters. The van der Waals surface area contributed by atoms with Gasteiger partial charge in [0.2, 0.25) is 5.91 Å². The van der Waals surface area contributed by atoms with Crippen LogP contribution in [-0.2, 0) is 4.79 Å². The number of hydrogen-bond donors (Lipinski definition) is 0. The van der Waals surface area contributed by atoms with Crippen LogP contribution in [0.3, 0.4) is 0 Å². The summed E-state index contributed by atoms with van der Waals surface area (Å²) in [5.41, 5.74) is 1.56. The lowest BCUT2D eigenvalue weighted by atomic mass is 9.93. The molecule has 3 nitrogen and oxygen atoms in total. The first-order valence-corrected chi connectivity index (χ1v) is 6.24. The maximum atomic E-state index is 12.3.